The Morgan fingerprint density at radius 1 is 1.11 bits per heavy atom. The van der Waals surface area contributed by atoms with Gasteiger partial charge in [0.1, 0.15) is 11.5 Å². The first kappa shape index (κ1) is 24.1. The van der Waals surface area contributed by atoms with Gasteiger partial charge in [-0.25, -0.2) is 0 Å². The van der Waals surface area contributed by atoms with E-state index in [1.165, 1.54) is 18.1 Å². The highest BCUT2D eigenvalue weighted by atomic mass is 19.4. The third-order valence-electron chi connectivity index (χ3n) is 5.62. The molecule has 35 heavy (non-hydrogen) atoms. The predicted molar refractivity (Wildman–Crippen MR) is 123 cm³/mol. The summed E-state index contributed by atoms with van der Waals surface area (Å²) in [6.45, 7) is 1.69. The van der Waals surface area contributed by atoms with Crippen molar-refractivity contribution in [3.05, 3.63) is 89.0 Å². The number of halogens is 3. The molecule has 0 saturated carbocycles. The van der Waals surface area contributed by atoms with Gasteiger partial charge >= 0.3 is 6.18 Å². The Morgan fingerprint density at radius 3 is 2.54 bits per heavy atom. The van der Waals surface area contributed by atoms with Gasteiger partial charge in [-0.1, -0.05) is 12.1 Å². The number of carbonyl (C=O) groups is 2. The molecule has 6 nitrogen and oxygen atoms in total. The lowest BCUT2D eigenvalue weighted by Gasteiger charge is -2.22. The normalized spacial score (nSPS) is 15.6. The molecule has 0 radical (unpaired) electrons. The van der Waals surface area contributed by atoms with E-state index in [4.69, 9.17) is 9.47 Å². The third kappa shape index (κ3) is 5.56. The quantitative estimate of drug-likeness (QED) is 0.536. The number of rotatable bonds is 5. The number of carbonyl (C=O) groups excluding carboxylic acids is 2. The Hall–Kier alpha value is -4.01. The number of nitrogens with one attached hydrogen (secondary N) is 1. The van der Waals surface area contributed by atoms with Gasteiger partial charge < -0.3 is 19.7 Å². The molecule has 1 heterocycles. The van der Waals surface area contributed by atoms with Crippen molar-refractivity contribution in [2.75, 3.05) is 12.4 Å². The van der Waals surface area contributed by atoms with Crippen molar-refractivity contribution in [2.45, 2.75) is 32.3 Å². The minimum Gasteiger partial charge on any atom is -0.497 e. The fourth-order valence-corrected chi connectivity index (χ4v) is 3.82. The lowest BCUT2D eigenvalue weighted by molar-refractivity contribution is -0.138. The van der Waals surface area contributed by atoms with Gasteiger partial charge in [-0.2, -0.15) is 13.2 Å². The average Bonchev–Trinajstić information content (AvgIpc) is 2.95. The zero-order chi connectivity index (χ0) is 25.2. The SMILES string of the molecule is COc1ccc(C(=O)Nc2ccc3c(c2)CN(Cc2cccc(C(F)(F)F)c2)C(=O)C(C)O3)cc1. The first-order valence-corrected chi connectivity index (χ1v) is 10.8. The van der Waals surface area contributed by atoms with Gasteiger partial charge in [-0.15, -0.1) is 0 Å². The lowest BCUT2D eigenvalue weighted by Crippen LogP contribution is -2.37. The van der Waals surface area contributed by atoms with Crippen molar-refractivity contribution in [1.82, 2.24) is 4.90 Å². The van der Waals surface area contributed by atoms with E-state index in [2.05, 4.69) is 5.32 Å². The molecule has 1 unspecified atom stereocenters. The number of benzene rings is 3. The second kappa shape index (κ2) is 9.69. The Balaban J connectivity index is 1.55. The van der Waals surface area contributed by atoms with Crippen LogP contribution >= 0.6 is 0 Å². The monoisotopic (exact) mass is 484 g/mol. The topological polar surface area (TPSA) is 67.9 Å². The minimum atomic E-state index is -4.47. The Bertz CT molecular complexity index is 1240. The fraction of sp³-hybridized carbons (Fsp3) is 0.231. The Labute approximate surface area is 200 Å². The van der Waals surface area contributed by atoms with Gasteiger partial charge in [-0.3, -0.25) is 9.59 Å². The third-order valence-corrected chi connectivity index (χ3v) is 5.62. The van der Waals surface area contributed by atoms with Gasteiger partial charge in [0.05, 0.1) is 12.7 Å². The molecule has 4 rings (SSSR count). The van der Waals surface area contributed by atoms with E-state index < -0.39 is 17.8 Å². The first-order valence-electron chi connectivity index (χ1n) is 10.8. The first-order chi connectivity index (χ1) is 16.6. The summed E-state index contributed by atoms with van der Waals surface area (Å²) in [6.07, 6.45) is -5.29. The van der Waals surface area contributed by atoms with Crippen LogP contribution in [-0.2, 0) is 24.1 Å². The molecule has 1 aliphatic heterocycles. The molecule has 1 N–H and O–H groups in total. The molecule has 0 aromatic heterocycles. The second-order valence-corrected chi connectivity index (χ2v) is 8.16. The molecule has 0 fully saturated rings. The number of hydrogen-bond donors (Lipinski definition) is 1. The van der Waals surface area contributed by atoms with Crippen LogP contribution in [0.4, 0.5) is 18.9 Å². The molecule has 1 aliphatic rings. The molecule has 1 atom stereocenters. The fourth-order valence-electron chi connectivity index (χ4n) is 3.82. The van der Waals surface area contributed by atoms with E-state index in [-0.39, 0.29) is 24.9 Å². The van der Waals surface area contributed by atoms with Crippen molar-refractivity contribution < 1.29 is 32.2 Å². The molecule has 2 amide bonds. The van der Waals surface area contributed by atoms with Crippen LogP contribution in [0.5, 0.6) is 11.5 Å². The van der Waals surface area contributed by atoms with Crippen LogP contribution in [0.3, 0.4) is 0 Å². The highest BCUT2D eigenvalue weighted by molar-refractivity contribution is 6.04. The second-order valence-electron chi connectivity index (χ2n) is 8.16. The number of amides is 2. The molecule has 9 heteroatoms. The van der Waals surface area contributed by atoms with Crippen molar-refractivity contribution in [3.8, 4) is 11.5 Å². The van der Waals surface area contributed by atoms with Crippen LogP contribution in [0, 0.1) is 0 Å². The maximum atomic E-state index is 13.1. The van der Waals surface area contributed by atoms with Crippen LogP contribution < -0.4 is 14.8 Å². The highest BCUT2D eigenvalue weighted by Gasteiger charge is 2.32. The summed E-state index contributed by atoms with van der Waals surface area (Å²) < 4.78 is 50.2. The zero-order valence-electron chi connectivity index (χ0n) is 19.1. The number of anilines is 1. The van der Waals surface area contributed by atoms with Crippen LogP contribution in [0.2, 0.25) is 0 Å². The molecule has 3 aromatic rings. The molecule has 0 bridgehead atoms. The van der Waals surface area contributed by atoms with Crippen LogP contribution in [0.1, 0.15) is 34.0 Å². The van der Waals surface area contributed by atoms with Gasteiger partial charge in [0, 0.05) is 29.9 Å². The van der Waals surface area contributed by atoms with Gasteiger partial charge in [0.2, 0.25) is 0 Å². The summed E-state index contributed by atoms with van der Waals surface area (Å²) in [5.74, 6) is 0.429. The Morgan fingerprint density at radius 2 is 1.86 bits per heavy atom. The van der Waals surface area contributed by atoms with Gasteiger partial charge in [0.25, 0.3) is 11.8 Å². The van der Waals surface area contributed by atoms with E-state index >= 15 is 0 Å². The summed E-state index contributed by atoms with van der Waals surface area (Å²) in [7, 11) is 1.54. The molecule has 0 saturated heterocycles. The highest BCUT2D eigenvalue weighted by Crippen LogP contribution is 2.32. The zero-order valence-corrected chi connectivity index (χ0v) is 19.1. The van der Waals surface area contributed by atoms with E-state index in [1.807, 2.05) is 0 Å². The molecule has 182 valence electrons. The number of methoxy groups -OCH3 is 1. The largest absolute Gasteiger partial charge is 0.497 e. The molecule has 0 aliphatic carbocycles. The van der Waals surface area contributed by atoms with E-state index in [0.717, 1.165) is 12.1 Å². The van der Waals surface area contributed by atoms with Crippen molar-refractivity contribution in [3.63, 3.8) is 0 Å². The van der Waals surface area contributed by atoms with E-state index in [1.54, 1.807) is 55.5 Å². The van der Waals surface area contributed by atoms with Crippen LogP contribution in [-0.4, -0.2) is 29.9 Å². The van der Waals surface area contributed by atoms with E-state index in [9.17, 15) is 22.8 Å². The number of ether oxygens (including phenoxy) is 2. The lowest BCUT2D eigenvalue weighted by atomic mass is 10.1. The predicted octanol–water partition coefficient (Wildman–Crippen LogP) is 5.28. The summed E-state index contributed by atoms with van der Waals surface area (Å²) in [6, 6.07) is 16.6. The van der Waals surface area contributed by atoms with Crippen molar-refractivity contribution in [1.29, 1.82) is 0 Å². The maximum absolute atomic E-state index is 13.1. The molecular weight excluding hydrogens is 461 g/mol. The molecule has 3 aromatic carbocycles. The number of hydrogen-bond acceptors (Lipinski definition) is 4. The number of nitrogens with zero attached hydrogens (tertiary/aromatic N) is 1. The molecule has 0 spiro atoms. The molecular formula is C26H23F3N2O4. The number of fused-ring (bicyclic) bond motifs is 1. The maximum Gasteiger partial charge on any atom is 0.416 e. The number of alkyl halides is 3. The smallest absolute Gasteiger partial charge is 0.416 e. The van der Waals surface area contributed by atoms with Crippen LogP contribution in [0.25, 0.3) is 0 Å². The van der Waals surface area contributed by atoms with Gasteiger partial charge in [0.15, 0.2) is 6.10 Å². The van der Waals surface area contributed by atoms with E-state index in [0.29, 0.717) is 33.9 Å². The minimum absolute atomic E-state index is 0.0155. The summed E-state index contributed by atoms with van der Waals surface area (Å²) in [5, 5.41) is 2.81. The van der Waals surface area contributed by atoms with Gasteiger partial charge in [-0.05, 0) is 67.1 Å². The average molecular weight is 484 g/mol. The summed E-state index contributed by atoms with van der Waals surface area (Å²) in [4.78, 5) is 27.0. The van der Waals surface area contributed by atoms with Crippen molar-refractivity contribution in [2.24, 2.45) is 0 Å². The Kier molecular flexibility index (Phi) is 6.68. The summed E-state index contributed by atoms with van der Waals surface area (Å²) in [5.41, 5.74) is 1.14. The standard InChI is InChI=1S/C26H23F3N2O4/c1-16-25(33)31(14-17-4-3-5-20(12-17)26(27,28)29)15-19-13-21(8-11-23(19)35-16)30-24(32)18-6-9-22(34-2)10-7-18/h3-13,16H,14-15H2,1-2H3,(H,30,32). The van der Waals surface area contributed by atoms with Crippen LogP contribution in [0.15, 0.2) is 66.7 Å². The van der Waals surface area contributed by atoms with Crippen molar-refractivity contribution >= 4 is 17.5 Å². The summed E-state index contributed by atoms with van der Waals surface area (Å²) >= 11 is 0.